The van der Waals surface area contributed by atoms with Crippen LogP contribution >= 0.6 is 34.8 Å². The van der Waals surface area contributed by atoms with Crippen LogP contribution < -0.4 is 9.62 Å². The van der Waals surface area contributed by atoms with Crippen molar-refractivity contribution < 1.29 is 31.2 Å². The van der Waals surface area contributed by atoms with Gasteiger partial charge in [0, 0.05) is 23.1 Å². The van der Waals surface area contributed by atoms with Gasteiger partial charge < -0.3 is 10.2 Å². The van der Waals surface area contributed by atoms with Gasteiger partial charge in [0.15, 0.2) is 0 Å². The van der Waals surface area contributed by atoms with Crippen molar-refractivity contribution in [3.05, 3.63) is 62.6 Å². The van der Waals surface area contributed by atoms with E-state index in [2.05, 4.69) is 5.32 Å². The molecule has 0 radical (unpaired) electrons. The Hall–Kier alpha value is -2.21. The van der Waals surface area contributed by atoms with E-state index < -0.39 is 56.9 Å². The molecule has 0 saturated heterocycles. The van der Waals surface area contributed by atoms with Gasteiger partial charge in [-0.3, -0.25) is 13.9 Å². The fraction of sp³-hybridized carbons (Fsp3) is 0.440. The van der Waals surface area contributed by atoms with Gasteiger partial charge in [0.2, 0.25) is 21.8 Å². The van der Waals surface area contributed by atoms with Gasteiger partial charge in [-0.05, 0) is 48.2 Å². The molecule has 0 spiro atoms. The number of alkyl halides is 3. The number of sulfonamides is 1. The molecule has 0 heterocycles. The average Bonchev–Trinajstić information content (AvgIpc) is 2.81. The molecule has 14 heteroatoms. The van der Waals surface area contributed by atoms with Crippen LogP contribution in [-0.4, -0.2) is 50.5 Å². The Balaban J connectivity index is 2.54. The maximum absolute atomic E-state index is 13.7. The first-order valence-corrected chi connectivity index (χ1v) is 14.8. The first kappa shape index (κ1) is 33.0. The number of anilines is 1. The molecule has 2 aromatic carbocycles. The molecule has 0 saturated carbocycles. The summed E-state index contributed by atoms with van der Waals surface area (Å²) in [5, 5.41) is 2.69. The van der Waals surface area contributed by atoms with Crippen LogP contribution in [0.25, 0.3) is 0 Å². The van der Waals surface area contributed by atoms with Crippen molar-refractivity contribution in [3.8, 4) is 0 Å². The van der Waals surface area contributed by atoms with E-state index in [9.17, 15) is 31.2 Å². The fourth-order valence-electron chi connectivity index (χ4n) is 3.67. The minimum Gasteiger partial charge on any atom is -0.354 e. The lowest BCUT2D eigenvalue weighted by atomic mass is 10.1. The predicted octanol–water partition coefficient (Wildman–Crippen LogP) is 6.01. The highest BCUT2D eigenvalue weighted by Crippen LogP contribution is 2.37. The lowest BCUT2D eigenvalue weighted by molar-refractivity contribution is -0.140. The van der Waals surface area contributed by atoms with Gasteiger partial charge >= 0.3 is 6.18 Å². The summed E-state index contributed by atoms with van der Waals surface area (Å²) in [7, 11) is -4.25. The van der Waals surface area contributed by atoms with Crippen LogP contribution in [0.1, 0.15) is 38.3 Å². The van der Waals surface area contributed by atoms with Crippen molar-refractivity contribution in [1.82, 2.24) is 10.2 Å². The van der Waals surface area contributed by atoms with Gasteiger partial charge in [0.05, 0.1) is 22.5 Å². The molecule has 7 nitrogen and oxygen atoms in total. The molecule has 0 aliphatic rings. The molecule has 0 aromatic heterocycles. The maximum atomic E-state index is 13.7. The number of nitrogens with one attached hydrogen (secondary N) is 1. The second-order valence-corrected chi connectivity index (χ2v) is 12.4. The van der Waals surface area contributed by atoms with Crippen LogP contribution in [0.3, 0.4) is 0 Å². The Kier molecular flexibility index (Phi) is 11.4. The molecular formula is C25H29Cl3F3N3O4S. The third-order valence-electron chi connectivity index (χ3n) is 5.65. The summed E-state index contributed by atoms with van der Waals surface area (Å²) in [6, 6.07) is 6.06. The molecule has 2 aromatic rings. The second-order valence-electron chi connectivity index (χ2n) is 9.25. The number of benzene rings is 2. The molecule has 0 unspecified atom stereocenters. The van der Waals surface area contributed by atoms with Crippen LogP contribution in [0.15, 0.2) is 36.4 Å². The molecule has 0 fully saturated rings. The summed E-state index contributed by atoms with van der Waals surface area (Å²) in [4.78, 5) is 27.9. The third-order valence-corrected chi connectivity index (χ3v) is 7.71. The Morgan fingerprint density at radius 1 is 1.03 bits per heavy atom. The van der Waals surface area contributed by atoms with E-state index in [0.29, 0.717) is 27.5 Å². The van der Waals surface area contributed by atoms with Gasteiger partial charge in [-0.1, -0.05) is 61.6 Å². The Morgan fingerprint density at radius 3 is 2.18 bits per heavy atom. The molecule has 1 N–H and O–H groups in total. The number of hydrogen-bond acceptors (Lipinski definition) is 4. The average molecular weight is 631 g/mol. The smallest absolute Gasteiger partial charge is 0.354 e. The standard InChI is InChI=1S/C25H29Cl3F3N3O4S/c1-5-22(24(36)32-12-15(2)3)33(13-16-6-7-17(26)10-21(16)28)23(35)14-34(39(4,37)38)18-8-9-20(27)19(11-18)25(29,30)31/h6-11,15,22H,5,12-14H2,1-4H3,(H,32,36)/t22-/m1/s1. The molecule has 216 valence electrons. The van der Waals surface area contributed by atoms with Crippen molar-refractivity contribution >= 4 is 62.3 Å². The van der Waals surface area contributed by atoms with Gasteiger partial charge in [0.1, 0.15) is 12.6 Å². The van der Waals surface area contributed by atoms with Crippen LogP contribution in [0.4, 0.5) is 18.9 Å². The quantitative estimate of drug-likeness (QED) is 0.330. The van der Waals surface area contributed by atoms with Crippen molar-refractivity contribution in [3.63, 3.8) is 0 Å². The first-order valence-electron chi connectivity index (χ1n) is 11.8. The van der Waals surface area contributed by atoms with E-state index in [0.717, 1.165) is 23.3 Å². The molecule has 2 rings (SSSR count). The molecule has 0 bridgehead atoms. The van der Waals surface area contributed by atoms with Crippen LogP contribution in [0, 0.1) is 5.92 Å². The second kappa shape index (κ2) is 13.4. The van der Waals surface area contributed by atoms with E-state index in [1.807, 2.05) is 13.8 Å². The van der Waals surface area contributed by atoms with Gasteiger partial charge in [-0.25, -0.2) is 8.42 Å². The minimum atomic E-state index is -4.86. The lowest BCUT2D eigenvalue weighted by Crippen LogP contribution is -2.52. The summed E-state index contributed by atoms with van der Waals surface area (Å²) >= 11 is 18.0. The van der Waals surface area contributed by atoms with E-state index in [1.54, 1.807) is 19.1 Å². The van der Waals surface area contributed by atoms with E-state index in [-0.39, 0.29) is 23.9 Å². The first-order chi connectivity index (χ1) is 17.9. The Labute approximate surface area is 241 Å². The monoisotopic (exact) mass is 629 g/mol. The number of carbonyl (C=O) groups is 2. The lowest BCUT2D eigenvalue weighted by Gasteiger charge is -2.33. The summed E-state index contributed by atoms with van der Waals surface area (Å²) in [5.41, 5.74) is -1.24. The van der Waals surface area contributed by atoms with E-state index in [1.165, 1.54) is 6.07 Å². The summed E-state index contributed by atoms with van der Waals surface area (Å²) < 4.78 is 66.3. The van der Waals surface area contributed by atoms with Crippen molar-refractivity contribution in [2.45, 2.75) is 46.0 Å². The summed E-state index contributed by atoms with van der Waals surface area (Å²) in [6.45, 7) is 4.73. The molecular weight excluding hydrogens is 602 g/mol. The molecule has 39 heavy (non-hydrogen) atoms. The zero-order chi connectivity index (χ0) is 29.7. The van der Waals surface area contributed by atoms with Crippen LogP contribution in [0.2, 0.25) is 15.1 Å². The zero-order valence-corrected chi connectivity index (χ0v) is 24.7. The maximum Gasteiger partial charge on any atom is 0.417 e. The minimum absolute atomic E-state index is 0.120. The Morgan fingerprint density at radius 2 is 1.67 bits per heavy atom. The number of hydrogen-bond donors (Lipinski definition) is 1. The zero-order valence-electron chi connectivity index (χ0n) is 21.7. The highest BCUT2D eigenvalue weighted by atomic mass is 35.5. The number of carbonyl (C=O) groups excluding carboxylic acids is 2. The number of rotatable bonds is 11. The molecule has 1 atom stereocenters. The molecule has 2 amide bonds. The SMILES string of the molecule is CC[C@H](C(=O)NCC(C)C)N(Cc1ccc(Cl)cc1Cl)C(=O)CN(c1ccc(Cl)c(C(F)(F)F)c1)S(C)(=O)=O. The van der Waals surface area contributed by atoms with Crippen LogP contribution in [-0.2, 0) is 32.3 Å². The van der Waals surface area contributed by atoms with Crippen molar-refractivity contribution in [1.29, 1.82) is 0 Å². The summed E-state index contributed by atoms with van der Waals surface area (Å²) in [5.74, 6) is -1.18. The van der Waals surface area contributed by atoms with Gasteiger partial charge in [0.25, 0.3) is 0 Å². The number of nitrogens with zero attached hydrogens (tertiary/aromatic N) is 2. The summed E-state index contributed by atoms with van der Waals surface area (Å²) in [6.07, 6.45) is -3.94. The van der Waals surface area contributed by atoms with Crippen molar-refractivity contribution in [2.75, 3.05) is 23.7 Å². The van der Waals surface area contributed by atoms with Gasteiger partial charge in [-0.2, -0.15) is 13.2 Å². The topological polar surface area (TPSA) is 86.8 Å². The predicted molar refractivity (Wildman–Crippen MR) is 148 cm³/mol. The molecule has 0 aliphatic carbocycles. The van der Waals surface area contributed by atoms with E-state index >= 15 is 0 Å². The highest BCUT2D eigenvalue weighted by Gasteiger charge is 2.36. The Bertz CT molecular complexity index is 1310. The highest BCUT2D eigenvalue weighted by molar-refractivity contribution is 7.92. The fourth-order valence-corrected chi connectivity index (χ4v) is 5.21. The molecule has 0 aliphatic heterocycles. The number of amides is 2. The van der Waals surface area contributed by atoms with Gasteiger partial charge in [-0.15, -0.1) is 0 Å². The normalized spacial score (nSPS) is 12.8. The van der Waals surface area contributed by atoms with Crippen molar-refractivity contribution in [2.24, 2.45) is 5.92 Å². The third kappa shape index (κ3) is 9.16. The van der Waals surface area contributed by atoms with E-state index in [4.69, 9.17) is 34.8 Å². The van der Waals surface area contributed by atoms with Crippen LogP contribution in [0.5, 0.6) is 0 Å². The largest absolute Gasteiger partial charge is 0.417 e. The number of halogens is 6.